The highest BCUT2D eigenvalue weighted by Crippen LogP contribution is 2.31. The van der Waals surface area contributed by atoms with Crippen LogP contribution in [0, 0.1) is 12.8 Å². The molecular formula is C20H19N3O2S. The second-order valence-corrected chi connectivity index (χ2v) is 7.44. The van der Waals surface area contributed by atoms with E-state index < -0.39 is 0 Å². The lowest BCUT2D eigenvalue weighted by Crippen LogP contribution is -2.12. The second kappa shape index (κ2) is 7.33. The summed E-state index contributed by atoms with van der Waals surface area (Å²) >= 11 is 1.62. The molecule has 1 heterocycles. The minimum absolute atomic E-state index is 0.125. The number of hydrogen-bond acceptors (Lipinski definition) is 5. The maximum atomic E-state index is 11.8. The van der Waals surface area contributed by atoms with Gasteiger partial charge in [0.25, 0.3) is 0 Å². The molecule has 1 aromatic heterocycles. The minimum Gasteiger partial charge on any atom is -0.420 e. The van der Waals surface area contributed by atoms with Crippen molar-refractivity contribution < 1.29 is 9.21 Å². The van der Waals surface area contributed by atoms with Gasteiger partial charge < -0.3 is 9.73 Å². The molecule has 0 radical (unpaired) electrons. The molecule has 0 bridgehead atoms. The number of nitrogens with zero attached hydrogens (tertiary/aromatic N) is 2. The minimum atomic E-state index is 0.125. The highest BCUT2D eigenvalue weighted by atomic mass is 32.2. The molecule has 5 nitrogen and oxygen atoms in total. The van der Waals surface area contributed by atoms with Crippen molar-refractivity contribution in [3.63, 3.8) is 0 Å². The quantitative estimate of drug-likeness (QED) is 0.642. The Morgan fingerprint density at radius 1 is 1.15 bits per heavy atom. The van der Waals surface area contributed by atoms with Crippen LogP contribution in [0.2, 0.25) is 0 Å². The molecule has 1 aliphatic carbocycles. The van der Waals surface area contributed by atoms with E-state index in [1.807, 2.05) is 55.5 Å². The van der Waals surface area contributed by atoms with Crippen LogP contribution in [-0.2, 0) is 10.5 Å². The summed E-state index contributed by atoms with van der Waals surface area (Å²) in [6.45, 7) is 2.03. The van der Waals surface area contributed by atoms with Gasteiger partial charge in [0.2, 0.25) is 17.7 Å². The van der Waals surface area contributed by atoms with Crippen molar-refractivity contribution >= 4 is 23.4 Å². The largest absolute Gasteiger partial charge is 0.420 e. The zero-order valence-electron chi connectivity index (χ0n) is 14.4. The fourth-order valence-electron chi connectivity index (χ4n) is 2.60. The van der Waals surface area contributed by atoms with Crippen LogP contribution in [0.4, 0.5) is 5.69 Å². The summed E-state index contributed by atoms with van der Waals surface area (Å²) in [7, 11) is 0. The second-order valence-electron chi connectivity index (χ2n) is 6.39. The van der Waals surface area contributed by atoms with Gasteiger partial charge in [0, 0.05) is 22.1 Å². The average Bonchev–Trinajstić information content (AvgIpc) is 3.41. The lowest BCUT2D eigenvalue weighted by molar-refractivity contribution is -0.117. The number of carbonyl (C=O) groups is 1. The summed E-state index contributed by atoms with van der Waals surface area (Å²) in [6, 6.07) is 15.8. The van der Waals surface area contributed by atoms with Gasteiger partial charge in [-0.3, -0.25) is 4.79 Å². The summed E-state index contributed by atoms with van der Waals surface area (Å²) in [4.78, 5) is 12.9. The summed E-state index contributed by atoms with van der Waals surface area (Å²) < 4.78 is 5.78. The van der Waals surface area contributed by atoms with E-state index >= 15 is 0 Å². The van der Waals surface area contributed by atoms with Crippen molar-refractivity contribution in [3.8, 4) is 11.5 Å². The lowest BCUT2D eigenvalue weighted by Gasteiger charge is -2.05. The van der Waals surface area contributed by atoms with Crippen molar-refractivity contribution in [2.24, 2.45) is 5.92 Å². The molecule has 3 aromatic rings. The van der Waals surface area contributed by atoms with Gasteiger partial charge in [0.05, 0.1) is 5.75 Å². The van der Waals surface area contributed by atoms with E-state index in [-0.39, 0.29) is 11.8 Å². The Morgan fingerprint density at radius 2 is 1.92 bits per heavy atom. The molecule has 1 saturated carbocycles. The normalized spacial score (nSPS) is 13.6. The lowest BCUT2D eigenvalue weighted by atomic mass is 10.1. The van der Waals surface area contributed by atoms with Crippen LogP contribution in [0.3, 0.4) is 0 Å². The monoisotopic (exact) mass is 365 g/mol. The van der Waals surface area contributed by atoms with Gasteiger partial charge in [-0.05, 0) is 55.7 Å². The Hall–Kier alpha value is -2.60. The summed E-state index contributed by atoms with van der Waals surface area (Å²) in [5, 5.41) is 11.2. The molecule has 0 spiro atoms. The van der Waals surface area contributed by atoms with Crippen LogP contribution in [-0.4, -0.2) is 16.1 Å². The summed E-state index contributed by atoms with van der Waals surface area (Å²) in [5.74, 6) is 2.09. The third-order valence-corrected chi connectivity index (χ3v) is 5.27. The van der Waals surface area contributed by atoms with E-state index in [0.29, 0.717) is 17.5 Å². The van der Waals surface area contributed by atoms with Crippen molar-refractivity contribution in [2.75, 3.05) is 5.32 Å². The summed E-state index contributed by atoms with van der Waals surface area (Å²) in [5.41, 5.74) is 2.91. The number of nitrogens with one attached hydrogen (secondary N) is 1. The van der Waals surface area contributed by atoms with E-state index in [2.05, 4.69) is 15.5 Å². The Kier molecular flexibility index (Phi) is 4.75. The number of benzene rings is 2. The topological polar surface area (TPSA) is 68.0 Å². The van der Waals surface area contributed by atoms with Crippen molar-refractivity contribution in [2.45, 2.75) is 30.4 Å². The predicted molar refractivity (Wildman–Crippen MR) is 102 cm³/mol. The summed E-state index contributed by atoms with van der Waals surface area (Å²) in [6.07, 6.45) is 2.02. The Bertz CT molecular complexity index is 917. The van der Waals surface area contributed by atoms with E-state index in [4.69, 9.17) is 4.42 Å². The first-order chi connectivity index (χ1) is 12.7. The molecule has 1 aliphatic rings. The fraction of sp³-hybridized carbons (Fsp3) is 0.250. The Morgan fingerprint density at radius 3 is 2.65 bits per heavy atom. The number of aryl methyl sites for hydroxylation is 1. The predicted octanol–water partition coefficient (Wildman–Crippen LogP) is 4.69. The smallest absolute Gasteiger partial charge is 0.248 e. The fourth-order valence-corrected chi connectivity index (χ4v) is 3.34. The molecule has 26 heavy (non-hydrogen) atoms. The van der Waals surface area contributed by atoms with Crippen LogP contribution >= 0.6 is 11.8 Å². The molecule has 1 fully saturated rings. The molecule has 4 rings (SSSR count). The number of rotatable bonds is 6. The molecule has 0 saturated heterocycles. The van der Waals surface area contributed by atoms with Gasteiger partial charge >= 0.3 is 0 Å². The van der Waals surface area contributed by atoms with Gasteiger partial charge in [-0.2, -0.15) is 0 Å². The van der Waals surface area contributed by atoms with Crippen LogP contribution in [0.1, 0.15) is 24.3 Å². The van der Waals surface area contributed by atoms with Crippen molar-refractivity contribution in [1.29, 1.82) is 0 Å². The first-order valence-electron chi connectivity index (χ1n) is 8.61. The van der Waals surface area contributed by atoms with Crippen LogP contribution in [0.25, 0.3) is 11.5 Å². The maximum absolute atomic E-state index is 11.8. The zero-order valence-corrected chi connectivity index (χ0v) is 15.3. The molecule has 2 aromatic carbocycles. The molecule has 0 unspecified atom stereocenters. The average molecular weight is 365 g/mol. The number of carbonyl (C=O) groups excluding carboxylic acids is 1. The van der Waals surface area contributed by atoms with Gasteiger partial charge in [0.1, 0.15) is 0 Å². The zero-order chi connectivity index (χ0) is 17.9. The van der Waals surface area contributed by atoms with Gasteiger partial charge in [-0.1, -0.05) is 18.2 Å². The molecule has 132 valence electrons. The molecular weight excluding hydrogens is 346 g/mol. The molecule has 0 aliphatic heterocycles. The SMILES string of the molecule is Cc1ccccc1-c1nnc(CSc2ccc(NC(=O)C3CC3)cc2)o1. The van der Waals surface area contributed by atoms with E-state index in [9.17, 15) is 4.79 Å². The molecule has 6 heteroatoms. The Labute approximate surface area is 156 Å². The highest BCUT2D eigenvalue weighted by molar-refractivity contribution is 7.98. The van der Waals surface area contributed by atoms with E-state index in [1.165, 1.54) is 0 Å². The van der Waals surface area contributed by atoms with E-state index in [0.717, 1.165) is 34.6 Å². The van der Waals surface area contributed by atoms with Crippen LogP contribution < -0.4 is 5.32 Å². The molecule has 0 atom stereocenters. The standard InChI is InChI=1S/C20H19N3O2S/c1-13-4-2-3-5-17(13)20-23-22-18(25-20)12-26-16-10-8-15(9-11-16)21-19(24)14-6-7-14/h2-5,8-11,14H,6-7,12H2,1H3,(H,21,24). The molecule has 1 amide bonds. The number of amides is 1. The first-order valence-corrected chi connectivity index (χ1v) is 9.60. The molecule has 1 N–H and O–H groups in total. The number of thioether (sulfide) groups is 1. The van der Waals surface area contributed by atoms with Crippen LogP contribution in [0.15, 0.2) is 57.8 Å². The van der Waals surface area contributed by atoms with Crippen LogP contribution in [0.5, 0.6) is 0 Å². The maximum Gasteiger partial charge on any atom is 0.248 e. The highest BCUT2D eigenvalue weighted by Gasteiger charge is 2.29. The van der Waals surface area contributed by atoms with Crippen molar-refractivity contribution in [3.05, 3.63) is 60.0 Å². The first kappa shape index (κ1) is 16.8. The number of aromatic nitrogens is 2. The van der Waals surface area contributed by atoms with E-state index in [1.54, 1.807) is 11.8 Å². The Balaban J connectivity index is 1.35. The van der Waals surface area contributed by atoms with Gasteiger partial charge in [0.15, 0.2) is 0 Å². The third kappa shape index (κ3) is 3.96. The van der Waals surface area contributed by atoms with Gasteiger partial charge in [-0.15, -0.1) is 22.0 Å². The third-order valence-electron chi connectivity index (χ3n) is 4.27. The number of hydrogen-bond donors (Lipinski definition) is 1. The van der Waals surface area contributed by atoms with Crippen molar-refractivity contribution in [1.82, 2.24) is 10.2 Å². The number of anilines is 1. The van der Waals surface area contributed by atoms with Gasteiger partial charge in [-0.25, -0.2) is 0 Å².